The molecule has 0 radical (unpaired) electrons. The highest BCUT2D eigenvalue weighted by Gasteiger charge is 2.41. The monoisotopic (exact) mass is 264 g/mol. The fourth-order valence-electron chi connectivity index (χ4n) is 2.35. The number of aliphatic hydroxyl groups is 1. The molecule has 1 aromatic carbocycles. The van der Waals surface area contributed by atoms with Crippen LogP contribution in [-0.4, -0.2) is 36.6 Å². The van der Waals surface area contributed by atoms with Crippen LogP contribution in [0.5, 0.6) is 0 Å². The van der Waals surface area contributed by atoms with Gasteiger partial charge in [0, 0.05) is 19.6 Å². The van der Waals surface area contributed by atoms with Gasteiger partial charge in [0.15, 0.2) is 0 Å². The fraction of sp³-hybridized carbons (Fsp3) is 0.625. The summed E-state index contributed by atoms with van der Waals surface area (Å²) in [5.41, 5.74) is 1.35. The lowest BCUT2D eigenvalue weighted by Gasteiger charge is -2.40. The van der Waals surface area contributed by atoms with Crippen LogP contribution in [0, 0.1) is 0 Å². The number of hydrogen-bond donors (Lipinski definition) is 1. The lowest BCUT2D eigenvalue weighted by Crippen LogP contribution is -2.53. The molecule has 1 aromatic rings. The van der Waals surface area contributed by atoms with E-state index >= 15 is 0 Å². The molecule has 19 heavy (non-hydrogen) atoms. The van der Waals surface area contributed by atoms with Gasteiger partial charge in [-0.05, 0) is 24.8 Å². The third kappa shape index (κ3) is 4.30. The van der Waals surface area contributed by atoms with Crippen LogP contribution in [0.25, 0.3) is 0 Å². The number of ether oxygens (including phenoxy) is 2. The molecule has 3 atom stereocenters. The maximum Gasteiger partial charge on any atom is 0.110 e. The SMILES string of the molecule is CCCOC1C(O)CC1OCCCc1ccccc1. The predicted molar refractivity (Wildman–Crippen MR) is 75.2 cm³/mol. The van der Waals surface area contributed by atoms with Crippen LogP contribution in [0.15, 0.2) is 30.3 Å². The molecule has 3 nitrogen and oxygen atoms in total. The molecule has 1 fully saturated rings. The largest absolute Gasteiger partial charge is 0.390 e. The molecule has 0 bridgehead atoms. The minimum atomic E-state index is -0.342. The summed E-state index contributed by atoms with van der Waals surface area (Å²) in [7, 11) is 0. The van der Waals surface area contributed by atoms with E-state index in [-0.39, 0.29) is 18.3 Å². The minimum Gasteiger partial charge on any atom is -0.390 e. The van der Waals surface area contributed by atoms with Crippen molar-refractivity contribution in [3.63, 3.8) is 0 Å². The van der Waals surface area contributed by atoms with Crippen molar-refractivity contribution < 1.29 is 14.6 Å². The van der Waals surface area contributed by atoms with Crippen molar-refractivity contribution in [2.45, 2.75) is 50.9 Å². The lowest BCUT2D eigenvalue weighted by molar-refractivity contribution is -0.192. The Morgan fingerprint density at radius 3 is 2.63 bits per heavy atom. The van der Waals surface area contributed by atoms with Gasteiger partial charge in [0.05, 0.1) is 12.2 Å². The number of aryl methyl sites for hydroxylation is 1. The average molecular weight is 264 g/mol. The number of benzene rings is 1. The molecule has 0 heterocycles. The molecule has 0 aromatic heterocycles. The molecule has 0 saturated heterocycles. The Morgan fingerprint density at radius 1 is 1.16 bits per heavy atom. The Kier molecular flexibility index (Phi) is 5.83. The lowest BCUT2D eigenvalue weighted by atomic mass is 9.88. The Labute approximate surface area is 115 Å². The third-order valence-electron chi connectivity index (χ3n) is 3.52. The van der Waals surface area contributed by atoms with E-state index in [4.69, 9.17) is 9.47 Å². The van der Waals surface area contributed by atoms with Gasteiger partial charge >= 0.3 is 0 Å². The molecule has 0 amide bonds. The zero-order valence-corrected chi connectivity index (χ0v) is 11.6. The summed E-state index contributed by atoms with van der Waals surface area (Å²) < 4.78 is 11.4. The third-order valence-corrected chi connectivity index (χ3v) is 3.52. The molecular formula is C16H24O3. The van der Waals surface area contributed by atoms with Crippen LogP contribution in [0.4, 0.5) is 0 Å². The topological polar surface area (TPSA) is 38.7 Å². The summed E-state index contributed by atoms with van der Waals surface area (Å²) in [4.78, 5) is 0. The number of aliphatic hydroxyl groups excluding tert-OH is 1. The van der Waals surface area contributed by atoms with E-state index in [1.54, 1.807) is 0 Å². The van der Waals surface area contributed by atoms with E-state index in [0.29, 0.717) is 13.0 Å². The molecule has 106 valence electrons. The van der Waals surface area contributed by atoms with Crippen molar-refractivity contribution in [1.82, 2.24) is 0 Å². The maximum absolute atomic E-state index is 9.63. The maximum atomic E-state index is 9.63. The molecule has 0 spiro atoms. The van der Waals surface area contributed by atoms with E-state index in [9.17, 15) is 5.11 Å². The summed E-state index contributed by atoms with van der Waals surface area (Å²) in [6, 6.07) is 10.4. The van der Waals surface area contributed by atoms with E-state index in [1.165, 1.54) is 5.56 Å². The van der Waals surface area contributed by atoms with Gasteiger partial charge in [-0.1, -0.05) is 37.3 Å². The second kappa shape index (κ2) is 7.63. The first kappa shape index (κ1) is 14.5. The van der Waals surface area contributed by atoms with Gasteiger partial charge in [-0.2, -0.15) is 0 Å². The van der Waals surface area contributed by atoms with Gasteiger partial charge in [-0.3, -0.25) is 0 Å². The van der Waals surface area contributed by atoms with Gasteiger partial charge in [0.1, 0.15) is 6.10 Å². The molecule has 1 saturated carbocycles. The Hall–Kier alpha value is -0.900. The molecule has 1 aliphatic carbocycles. The van der Waals surface area contributed by atoms with Crippen molar-refractivity contribution in [1.29, 1.82) is 0 Å². The number of hydrogen-bond acceptors (Lipinski definition) is 3. The molecule has 3 unspecified atom stereocenters. The average Bonchev–Trinajstić information content (AvgIpc) is 2.43. The first-order valence-electron chi connectivity index (χ1n) is 7.26. The van der Waals surface area contributed by atoms with E-state index < -0.39 is 0 Å². The van der Waals surface area contributed by atoms with Gasteiger partial charge < -0.3 is 14.6 Å². The molecular weight excluding hydrogens is 240 g/mol. The van der Waals surface area contributed by atoms with E-state index in [1.807, 2.05) is 6.07 Å². The minimum absolute atomic E-state index is 0.0809. The summed E-state index contributed by atoms with van der Waals surface area (Å²) in [5, 5.41) is 9.63. The van der Waals surface area contributed by atoms with Crippen molar-refractivity contribution in [3.05, 3.63) is 35.9 Å². The molecule has 0 aliphatic heterocycles. The van der Waals surface area contributed by atoms with Gasteiger partial charge in [0.2, 0.25) is 0 Å². The molecule has 1 aliphatic rings. The van der Waals surface area contributed by atoms with E-state index in [0.717, 1.165) is 25.9 Å². The fourth-order valence-corrected chi connectivity index (χ4v) is 2.35. The Balaban J connectivity index is 1.60. The summed E-state index contributed by atoms with van der Waals surface area (Å²) in [6.07, 6.45) is 3.36. The van der Waals surface area contributed by atoms with Crippen LogP contribution in [0.3, 0.4) is 0 Å². The zero-order chi connectivity index (χ0) is 13.5. The van der Waals surface area contributed by atoms with Crippen LogP contribution >= 0.6 is 0 Å². The first-order valence-corrected chi connectivity index (χ1v) is 7.26. The van der Waals surface area contributed by atoms with Crippen molar-refractivity contribution in [2.75, 3.05) is 13.2 Å². The highest BCUT2D eigenvalue weighted by atomic mass is 16.6. The van der Waals surface area contributed by atoms with Crippen LogP contribution in [0.1, 0.15) is 31.7 Å². The highest BCUT2D eigenvalue weighted by Crippen LogP contribution is 2.27. The van der Waals surface area contributed by atoms with Crippen molar-refractivity contribution >= 4 is 0 Å². The van der Waals surface area contributed by atoms with Crippen molar-refractivity contribution in [3.8, 4) is 0 Å². The molecule has 2 rings (SSSR count). The van der Waals surface area contributed by atoms with Crippen LogP contribution < -0.4 is 0 Å². The zero-order valence-electron chi connectivity index (χ0n) is 11.6. The standard InChI is InChI=1S/C16H24O3/c1-2-10-19-16-14(17)12-15(16)18-11-6-9-13-7-4-3-5-8-13/h3-5,7-8,14-17H,2,6,9-12H2,1H3. The predicted octanol–water partition coefficient (Wildman–Crippen LogP) is 2.56. The van der Waals surface area contributed by atoms with Gasteiger partial charge in [-0.15, -0.1) is 0 Å². The summed E-state index contributed by atoms with van der Waals surface area (Å²) in [5.74, 6) is 0. The molecule has 1 N–H and O–H groups in total. The Morgan fingerprint density at radius 2 is 1.95 bits per heavy atom. The smallest absolute Gasteiger partial charge is 0.110 e. The highest BCUT2D eigenvalue weighted by molar-refractivity contribution is 5.14. The van der Waals surface area contributed by atoms with Gasteiger partial charge in [0.25, 0.3) is 0 Å². The van der Waals surface area contributed by atoms with Crippen LogP contribution in [0.2, 0.25) is 0 Å². The quantitative estimate of drug-likeness (QED) is 0.733. The second-order valence-corrected chi connectivity index (χ2v) is 5.14. The summed E-state index contributed by atoms with van der Waals surface area (Å²) in [6.45, 7) is 3.50. The van der Waals surface area contributed by atoms with Gasteiger partial charge in [-0.25, -0.2) is 0 Å². The summed E-state index contributed by atoms with van der Waals surface area (Å²) >= 11 is 0. The van der Waals surface area contributed by atoms with Crippen LogP contribution in [-0.2, 0) is 15.9 Å². The van der Waals surface area contributed by atoms with E-state index in [2.05, 4.69) is 31.2 Å². The second-order valence-electron chi connectivity index (χ2n) is 5.14. The number of rotatable bonds is 8. The molecule has 3 heteroatoms. The first-order chi connectivity index (χ1) is 9.31. The normalized spacial score (nSPS) is 26.1. The van der Waals surface area contributed by atoms with Crippen molar-refractivity contribution in [2.24, 2.45) is 0 Å². The Bertz CT molecular complexity index is 352.